The average Bonchev–Trinajstić information content (AvgIpc) is 2.87. The molecule has 0 bridgehead atoms. The minimum Gasteiger partial charge on any atom is -0.462 e. The number of ketones is 1. The SMILES string of the molecule is CC(=O)OC1CC2(O)C(O)C3=C(C)C(=O)OC3CC2C2(C)C(=O)C=CC(C)(C)C12. The fourth-order valence-electron chi connectivity index (χ4n) is 6.61. The molecule has 158 valence electrons. The van der Waals surface area contributed by atoms with Crippen LogP contribution in [0.2, 0.25) is 0 Å². The third kappa shape index (κ3) is 2.53. The number of fused-ring (bicyclic) bond motifs is 4. The van der Waals surface area contributed by atoms with Gasteiger partial charge in [0.15, 0.2) is 5.78 Å². The molecule has 7 unspecified atom stereocenters. The molecule has 2 saturated carbocycles. The van der Waals surface area contributed by atoms with E-state index >= 15 is 0 Å². The highest BCUT2D eigenvalue weighted by molar-refractivity contribution is 5.97. The number of carbonyl (C=O) groups excluding carboxylic acids is 3. The first-order valence-corrected chi connectivity index (χ1v) is 10.1. The number of hydrogen-bond donors (Lipinski definition) is 2. The highest BCUT2D eigenvalue weighted by Gasteiger charge is 2.71. The third-order valence-electron chi connectivity index (χ3n) is 7.74. The lowest BCUT2D eigenvalue weighted by atomic mass is 9.42. The molecule has 7 nitrogen and oxygen atoms in total. The third-order valence-corrected chi connectivity index (χ3v) is 7.74. The summed E-state index contributed by atoms with van der Waals surface area (Å²) in [6, 6.07) is 0. The van der Waals surface area contributed by atoms with Gasteiger partial charge in [0.2, 0.25) is 0 Å². The maximum absolute atomic E-state index is 13.3. The minimum absolute atomic E-state index is 0.0130. The predicted molar refractivity (Wildman–Crippen MR) is 101 cm³/mol. The molecule has 0 amide bonds. The van der Waals surface area contributed by atoms with Crippen LogP contribution in [0, 0.1) is 22.7 Å². The number of carbonyl (C=O) groups is 3. The first kappa shape index (κ1) is 20.3. The Morgan fingerprint density at radius 1 is 1.28 bits per heavy atom. The Hall–Kier alpha value is -1.99. The number of rotatable bonds is 1. The van der Waals surface area contributed by atoms with E-state index in [-0.39, 0.29) is 18.6 Å². The zero-order chi connectivity index (χ0) is 21.5. The van der Waals surface area contributed by atoms with E-state index in [1.165, 1.54) is 13.0 Å². The van der Waals surface area contributed by atoms with Crippen LogP contribution < -0.4 is 0 Å². The Morgan fingerprint density at radius 2 is 1.93 bits per heavy atom. The van der Waals surface area contributed by atoms with Gasteiger partial charge < -0.3 is 19.7 Å². The number of aliphatic hydroxyl groups is 2. The molecular formula is C22H28O7. The van der Waals surface area contributed by atoms with E-state index in [4.69, 9.17) is 9.47 Å². The molecule has 2 N–H and O–H groups in total. The summed E-state index contributed by atoms with van der Waals surface area (Å²) in [7, 11) is 0. The molecule has 4 rings (SSSR count). The molecule has 0 spiro atoms. The molecule has 0 saturated heterocycles. The van der Waals surface area contributed by atoms with Gasteiger partial charge in [-0.05, 0) is 24.8 Å². The summed E-state index contributed by atoms with van der Waals surface area (Å²) in [6.07, 6.45) is 0.780. The van der Waals surface area contributed by atoms with E-state index in [1.807, 2.05) is 19.9 Å². The van der Waals surface area contributed by atoms with E-state index < -0.39 is 58.5 Å². The largest absolute Gasteiger partial charge is 0.462 e. The molecule has 7 atom stereocenters. The number of esters is 2. The molecule has 0 aromatic rings. The van der Waals surface area contributed by atoms with Gasteiger partial charge in [0.05, 0.1) is 0 Å². The molecule has 4 aliphatic rings. The van der Waals surface area contributed by atoms with Crippen LogP contribution in [0.4, 0.5) is 0 Å². The van der Waals surface area contributed by atoms with Crippen molar-refractivity contribution in [3.8, 4) is 0 Å². The van der Waals surface area contributed by atoms with E-state index in [2.05, 4.69) is 0 Å². The van der Waals surface area contributed by atoms with Crippen molar-refractivity contribution in [3.05, 3.63) is 23.3 Å². The molecule has 29 heavy (non-hydrogen) atoms. The quantitative estimate of drug-likeness (QED) is 0.637. The van der Waals surface area contributed by atoms with Crippen molar-refractivity contribution < 1.29 is 34.1 Å². The summed E-state index contributed by atoms with van der Waals surface area (Å²) in [6.45, 7) is 8.60. The molecule has 0 aromatic heterocycles. The number of hydrogen-bond acceptors (Lipinski definition) is 7. The second-order valence-electron chi connectivity index (χ2n) is 9.79. The monoisotopic (exact) mass is 404 g/mol. The minimum atomic E-state index is -1.72. The lowest BCUT2D eigenvalue weighted by Crippen LogP contribution is -2.71. The lowest BCUT2D eigenvalue weighted by Gasteiger charge is -2.63. The summed E-state index contributed by atoms with van der Waals surface area (Å²) in [5.41, 5.74) is -2.63. The molecule has 1 heterocycles. The van der Waals surface area contributed by atoms with Gasteiger partial charge in [0.25, 0.3) is 0 Å². The predicted octanol–water partition coefficient (Wildman–Crippen LogP) is 1.46. The van der Waals surface area contributed by atoms with Gasteiger partial charge in [-0.1, -0.05) is 26.8 Å². The number of aliphatic hydroxyl groups excluding tert-OH is 1. The van der Waals surface area contributed by atoms with Crippen LogP contribution in [0.15, 0.2) is 23.3 Å². The lowest BCUT2D eigenvalue weighted by molar-refractivity contribution is -0.244. The maximum Gasteiger partial charge on any atom is 0.334 e. The van der Waals surface area contributed by atoms with Crippen LogP contribution in [0.5, 0.6) is 0 Å². The smallest absolute Gasteiger partial charge is 0.334 e. The second kappa shape index (κ2) is 6.01. The van der Waals surface area contributed by atoms with Gasteiger partial charge in [-0.25, -0.2) is 4.79 Å². The standard InChI is InChI=1S/C22H28O7/c1-10-16-12(29-19(10)26)8-14-21(5)15(24)6-7-20(3,4)17(21)13(28-11(2)23)9-22(14,27)18(16)25/h6-7,12-14,17-18,25,27H,8-9H2,1-5H3. The van der Waals surface area contributed by atoms with Crippen molar-refractivity contribution in [2.75, 3.05) is 0 Å². The molecule has 7 heteroatoms. The molecule has 3 aliphatic carbocycles. The fraction of sp³-hybridized carbons (Fsp3) is 0.682. The van der Waals surface area contributed by atoms with Crippen molar-refractivity contribution in [3.63, 3.8) is 0 Å². The normalized spacial score (nSPS) is 45.3. The van der Waals surface area contributed by atoms with Crippen molar-refractivity contribution in [2.45, 2.75) is 71.4 Å². The fourth-order valence-corrected chi connectivity index (χ4v) is 6.61. The summed E-state index contributed by atoms with van der Waals surface area (Å²) in [5, 5.41) is 23.0. The first-order valence-electron chi connectivity index (χ1n) is 10.1. The van der Waals surface area contributed by atoms with Gasteiger partial charge in [-0.15, -0.1) is 0 Å². The molecular weight excluding hydrogens is 376 g/mol. The molecule has 0 aromatic carbocycles. The molecule has 2 fully saturated rings. The van der Waals surface area contributed by atoms with E-state index in [1.54, 1.807) is 13.8 Å². The van der Waals surface area contributed by atoms with E-state index in [0.717, 1.165) is 0 Å². The van der Waals surface area contributed by atoms with Gasteiger partial charge in [0, 0.05) is 41.7 Å². The van der Waals surface area contributed by atoms with Crippen molar-refractivity contribution >= 4 is 17.7 Å². The summed E-state index contributed by atoms with van der Waals surface area (Å²) in [5.74, 6) is -2.25. The Labute approximate surface area is 169 Å². The van der Waals surface area contributed by atoms with Crippen LogP contribution >= 0.6 is 0 Å². The van der Waals surface area contributed by atoms with Crippen molar-refractivity contribution in [1.29, 1.82) is 0 Å². The summed E-state index contributed by atoms with van der Waals surface area (Å²) in [4.78, 5) is 37.2. The van der Waals surface area contributed by atoms with Crippen LogP contribution in [0.3, 0.4) is 0 Å². The topological polar surface area (TPSA) is 110 Å². The van der Waals surface area contributed by atoms with Gasteiger partial charge >= 0.3 is 11.9 Å². The van der Waals surface area contributed by atoms with Crippen molar-refractivity contribution in [1.82, 2.24) is 0 Å². The summed E-state index contributed by atoms with van der Waals surface area (Å²) >= 11 is 0. The van der Waals surface area contributed by atoms with Gasteiger partial charge in [-0.2, -0.15) is 0 Å². The second-order valence-corrected chi connectivity index (χ2v) is 9.79. The van der Waals surface area contributed by atoms with Crippen LogP contribution in [0.25, 0.3) is 0 Å². The Morgan fingerprint density at radius 3 is 2.55 bits per heavy atom. The van der Waals surface area contributed by atoms with Gasteiger partial charge in [-0.3, -0.25) is 9.59 Å². The Bertz CT molecular complexity index is 868. The van der Waals surface area contributed by atoms with Crippen LogP contribution in [-0.2, 0) is 23.9 Å². The molecule has 0 radical (unpaired) electrons. The number of allylic oxidation sites excluding steroid dienone is 2. The van der Waals surface area contributed by atoms with E-state index in [0.29, 0.717) is 11.1 Å². The zero-order valence-electron chi connectivity index (χ0n) is 17.4. The highest BCUT2D eigenvalue weighted by Crippen LogP contribution is 2.64. The van der Waals surface area contributed by atoms with Crippen LogP contribution in [0.1, 0.15) is 47.5 Å². The average molecular weight is 404 g/mol. The first-order chi connectivity index (χ1) is 13.3. The zero-order valence-corrected chi connectivity index (χ0v) is 17.4. The Balaban J connectivity index is 1.90. The number of ether oxygens (including phenoxy) is 2. The summed E-state index contributed by atoms with van der Waals surface area (Å²) < 4.78 is 11.1. The molecule has 1 aliphatic heterocycles. The maximum atomic E-state index is 13.3. The Kier molecular flexibility index (Phi) is 4.21. The van der Waals surface area contributed by atoms with Gasteiger partial charge in [0.1, 0.15) is 23.9 Å². The van der Waals surface area contributed by atoms with E-state index in [9.17, 15) is 24.6 Å². The highest BCUT2D eigenvalue weighted by atomic mass is 16.6. The van der Waals surface area contributed by atoms with Crippen LogP contribution in [-0.4, -0.2) is 51.8 Å². The van der Waals surface area contributed by atoms with Crippen molar-refractivity contribution in [2.24, 2.45) is 22.7 Å².